The number of thioether (sulfide) groups is 1. The van der Waals surface area contributed by atoms with Crippen LogP contribution in [0.1, 0.15) is 38.2 Å². The average Bonchev–Trinajstić information content (AvgIpc) is 2.98. The SMILES string of the molecule is CN=C(NCc1cn2c(n1)CCCC2)N1CCSC(C(C)C)C1.I. The van der Waals surface area contributed by atoms with Gasteiger partial charge in [0.15, 0.2) is 5.96 Å². The number of nitrogens with one attached hydrogen (secondary N) is 1. The predicted octanol–water partition coefficient (Wildman–Crippen LogP) is 2.99. The number of hydrogen-bond acceptors (Lipinski definition) is 3. The molecule has 0 saturated carbocycles. The predicted molar refractivity (Wildman–Crippen MR) is 113 cm³/mol. The van der Waals surface area contributed by atoms with E-state index in [4.69, 9.17) is 4.98 Å². The number of guanidine groups is 1. The summed E-state index contributed by atoms with van der Waals surface area (Å²) < 4.78 is 2.32. The summed E-state index contributed by atoms with van der Waals surface area (Å²) in [5, 5.41) is 4.21. The fourth-order valence-electron chi connectivity index (χ4n) is 3.33. The lowest BCUT2D eigenvalue weighted by Gasteiger charge is -2.36. The van der Waals surface area contributed by atoms with Gasteiger partial charge in [-0.2, -0.15) is 11.8 Å². The summed E-state index contributed by atoms with van der Waals surface area (Å²) in [6, 6.07) is 0. The Morgan fingerprint density at radius 1 is 1.42 bits per heavy atom. The van der Waals surface area contributed by atoms with Crippen LogP contribution in [-0.4, -0.2) is 51.6 Å². The van der Waals surface area contributed by atoms with Crippen LogP contribution in [0.3, 0.4) is 0 Å². The first-order valence-electron chi connectivity index (χ1n) is 8.79. The van der Waals surface area contributed by atoms with Crippen LogP contribution in [-0.2, 0) is 19.5 Å². The molecule has 5 nitrogen and oxygen atoms in total. The Morgan fingerprint density at radius 3 is 2.96 bits per heavy atom. The summed E-state index contributed by atoms with van der Waals surface area (Å²) in [5.74, 6) is 4.16. The zero-order chi connectivity index (χ0) is 16.2. The number of nitrogens with zero attached hydrogens (tertiary/aromatic N) is 4. The van der Waals surface area contributed by atoms with Crippen molar-refractivity contribution in [2.45, 2.75) is 51.4 Å². The maximum absolute atomic E-state index is 4.77. The molecule has 2 aliphatic heterocycles. The number of imidazole rings is 1. The van der Waals surface area contributed by atoms with E-state index in [0.717, 1.165) is 44.3 Å². The fourth-order valence-corrected chi connectivity index (χ4v) is 4.63. The first kappa shape index (κ1) is 19.9. The molecule has 0 aromatic carbocycles. The van der Waals surface area contributed by atoms with Crippen LogP contribution in [0, 0.1) is 5.92 Å². The molecule has 1 aromatic heterocycles. The maximum Gasteiger partial charge on any atom is 0.194 e. The third-order valence-corrected chi connectivity index (χ3v) is 6.27. The van der Waals surface area contributed by atoms with Gasteiger partial charge in [-0.05, 0) is 18.8 Å². The molecule has 1 aromatic rings. The summed E-state index contributed by atoms with van der Waals surface area (Å²) >= 11 is 2.10. The van der Waals surface area contributed by atoms with Crippen LogP contribution in [0.25, 0.3) is 0 Å². The number of aromatic nitrogens is 2. The van der Waals surface area contributed by atoms with Gasteiger partial charge >= 0.3 is 0 Å². The molecule has 0 bridgehead atoms. The second-order valence-electron chi connectivity index (χ2n) is 6.80. The molecule has 3 rings (SSSR count). The molecule has 2 aliphatic rings. The van der Waals surface area contributed by atoms with Gasteiger partial charge in [0.05, 0.1) is 12.2 Å². The van der Waals surface area contributed by atoms with Crippen molar-refractivity contribution in [3.05, 3.63) is 17.7 Å². The van der Waals surface area contributed by atoms with Crippen molar-refractivity contribution in [3.63, 3.8) is 0 Å². The molecule has 1 fully saturated rings. The highest BCUT2D eigenvalue weighted by Gasteiger charge is 2.25. The molecule has 1 N–H and O–H groups in total. The Labute approximate surface area is 167 Å². The van der Waals surface area contributed by atoms with E-state index >= 15 is 0 Å². The highest BCUT2D eigenvalue weighted by molar-refractivity contribution is 14.0. The zero-order valence-corrected chi connectivity index (χ0v) is 18.1. The van der Waals surface area contributed by atoms with Crippen LogP contribution in [0.4, 0.5) is 0 Å². The second kappa shape index (κ2) is 9.31. The standard InChI is InChI=1S/C17H29N5S.HI/c1-13(2)15-12-22(8-9-23-15)17(18-3)19-10-14-11-21-7-5-4-6-16(21)20-14;/h11,13,15H,4-10,12H2,1-3H3,(H,18,19);1H. The van der Waals surface area contributed by atoms with E-state index in [-0.39, 0.29) is 24.0 Å². The number of halogens is 1. The molecule has 7 heteroatoms. The highest BCUT2D eigenvalue weighted by atomic mass is 127. The van der Waals surface area contributed by atoms with Gasteiger partial charge in [-0.15, -0.1) is 24.0 Å². The summed E-state index contributed by atoms with van der Waals surface area (Å²) in [6.45, 7) is 8.67. The number of hydrogen-bond donors (Lipinski definition) is 1. The molecule has 136 valence electrons. The lowest BCUT2D eigenvalue weighted by atomic mass is 10.1. The van der Waals surface area contributed by atoms with Gasteiger partial charge in [0.2, 0.25) is 0 Å². The van der Waals surface area contributed by atoms with E-state index in [2.05, 4.69) is 51.6 Å². The Balaban J connectivity index is 0.00000208. The van der Waals surface area contributed by atoms with E-state index < -0.39 is 0 Å². The van der Waals surface area contributed by atoms with Crippen LogP contribution in [0.15, 0.2) is 11.2 Å². The lowest BCUT2D eigenvalue weighted by Crippen LogP contribution is -2.48. The smallest absolute Gasteiger partial charge is 0.194 e. The molecule has 0 radical (unpaired) electrons. The lowest BCUT2D eigenvalue weighted by molar-refractivity contribution is 0.380. The van der Waals surface area contributed by atoms with Gasteiger partial charge < -0.3 is 14.8 Å². The van der Waals surface area contributed by atoms with Gasteiger partial charge in [0.1, 0.15) is 5.82 Å². The molecular formula is C17H30IN5S. The van der Waals surface area contributed by atoms with Gasteiger partial charge in [0.25, 0.3) is 0 Å². The summed E-state index contributed by atoms with van der Waals surface area (Å²) in [5.41, 5.74) is 1.13. The Kier molecular flexibility index (Phi) is 7.71. The molecular weight excluding hydrogens is 433 g/mol. The molecule has 0 spiro atoms. The number of aliphatic imine (C=N–C) groups is 1. The molecule has 0 aliphatic carbocycles. The molecule has 3 heterocycles. The second-order valence-corrected chi connectivity index (χ2v) is 8.15. The quantitative estimate of drug-likeness (QED) is 0.426. The third-order valence-electron chi connectivity index (χ3n) is 4.73. The fraction of sp³-hybridized carbons (Fsp3) is 0.765. The van der Waals surface area contributed by atoms with Crippen LogP contribution < -0.4 is 5.32 Å². The molecule has 1 saturated heterocycles. The van der Waals surface area contributed by atoms with Crippen molar-refractivity contribution in [2.24, 2.45) is 10.9 Å². The molecule has 24 heavy (non-hydrogen) atoms. The number of rotatable bonds is 3. The first-order valence-corrected chi connectivity index (χ1v) is 9.84. The van der Waals surface area contributed by atoms with Crippen molar-refractivity contribution in [1.29, 1.82) is 0 Å². The molecule has 0 amide bonds. The normalized spacial score (nSPS) is 21.4. The van der Waals surface area contributed by atoms with Gasteiger partial charge in [-0.1, -0.05) is 13.8 Å². The van der Waals surface area contributed by atoms with Crippen molar-refractivity contribution in [3.8, 4) is 0 Å². The zero-order valence-electron chi connectivity index (χ0n) is 15.0. The van der Waals surface area contributed by atoms with E-state index in [1.54, 1.807) is 0 Å². The van der Waals surface area contributed by atoms with Crippen molar-refractivity contribution in [2.75, 3.05) is 25.9 Å². The van der Waals surface area contributed by atoms with Crippen LogP contribution in [0.5, 0.6) is 0 Å². The minimum absolute atomic E-state index is 0. The minimum atomic E-state index is 0. The monoisotopic (exact) mass is 463 g/mol. The van der Waals surface area contributed by atoms with Crippen LogP contribution in [0.2, 0.25) is 0 Å². The maximum atomic E-state index is 4.77. The average molecular weight is 463 g/mol. The largest absolute Gasteiger partial charge is 0.351 e. The van der Waals surface area contributed by atoms with Crippen molar-refractivity contribution >= 4 is 41.7 Å². The van der Waals surface area contributed by atoms with E-state index in [9.17, 15) is 0 Å². The highest BCUT2D eigenvalue weighted by Crippen LogP contribution is 2.24. The van der Waals surface area contributed by atoms with E-state index in [1.165, 1.54) is 24.4 Å². The molecule has 1 atom stereocenters. The summed E-state index contributed by atoms with van der Waals surface area (Å²) in [7, 11) is 1.88. The van der Waals surface area contributed by atoms with Crippen molar-refractivity contribution in [1.82, 2.24) is 19.8 Å². The topological polar surface area (TPSA) is 45.5 Å². The minimum Gasteiger partial charge on any atom is -0.351 e. The summed E-state index contributed by atoms with van der Waals surface area (Å²) in [6.07, 6.45) is 5.87. The summed E-state index contributed by atoms with van der Waals surface area (Å²) in [4.78, 5) is 11.7. The number of fused-ring (bicyclic) bond motifs is 1. The first-order chi connectivity index (χ1) is 11.2. The Bertz CT molecular complexity index is 534. The van der Waals surface area contributed by atoms with E-state index in [1.807, 2.05) is 7.05 Å². The number of aryl methyl sites for hydroxylation is 2. The van der Waals surface area contributed by atoms with Crippen LogP contribution >= 0.6 is 35.7 Å². The van der Waals surface area contributed by atoms with Gasteiger partial charge in [-0.3, -0.25) is 4.99 Å². The third kappa shape index (κ3) is 4.80. The Morgan fingerprint density at radius 2 is 2.25 bits per heavy atom. The van der Waals surface area contributed by atoms with Gasteiger partial charge in [-0.25, -0.2) is 4.98 Å². The Hall–Kier alpha value is -0.440. The molecule has 1 unspecified atom stereocenters. The van der Waals surface area contributed by atoms with E-state index in [0.29, 0.717) is 11.2 Å². The van der Waals surface area contributed by atoms with Gasteiger partial charge in [0, 0.05) is 50.3 Å². The van der Waals surface area contributed by atoms with Crippen molar-refractivity contribution < 1.29 is 0 Å².